The predicted octanol–water partition coefficient (Wildman–Crippen LogP) is 2.08. The number of aromatic nitrogens is 2. The summed E-state index contributed by atoms with van der Waals surface area (Å²) in [6, 6.07) is 2.32. The second kappa shape index (κ2) is 5.27. The van der Waals surface area contributed by atoms with E-state index >= 15 is 0 Å². The fourth-order valence-corrected chi connectivity index (χ4v) is 2.45. The molecule has 16 heavy (non-hydrogen) atoms. The van der Waals surface area contributed by atoms with Gasteiger partial charge in [0.05, 0.1) is 6.20 Å². The Hall–Kier alpha value is -1.13. The van der Waals surface area contributed by atoms with E-state index < -0.39 is 0 Å². The Morgan fingerprint density at radius 2 is 2.25 bits per heavy atom. The van der Waals surface area contributed by atoms with Crippen molar-refractivity contribution in [3.8, 4) is 0 Å². The SMILES string of the molecule is CCn1cc(CC(N)Cc2ccsc2)cn1. The highest BCUT2D eigenvalue weighted by Crippen LogP contribution is 2.10. The molecule has 0 aliphatic rings. The highest BCUT2D eigenvalue weighted by Gasteiger charge is 2.07. The average molecular weight is 235 g/mol. The highest BCUT2D eigenvalue weighted by molar-refractivity contribution is 7.07. The van der Waals surface area contributed by atoms with Gasteiger partial charge in [0, 0.05) is 18.8 Å². The fourth-order valence-electron chi connectivity index (χ4n) is 1.77. The van der Waals surface area contributed by atoms with Crippen LogP contribution in [0.2, 0.25) is 0 Å². The van der Waals surface area contributed by atoms with Gasteiger partial charge in [-0.15, -0.1) is 0 Å². The third kappa shape index (κ3) is 2.93. The van der Waals surface area contributed by atoms with Crippen molar-refractivity contribution in [1.82, 2.24) is 9.78 Å². The molecule has 0 radical (unpaired) electrons. The van der Waals surface area contributed by atoms with Crippen LogP contribution >= 0.6 is 11.3 Å². The van der Waals surface area contributed by atoms with Crippen molar-refractivity contribution in [1.29, 1.82) is 0 Å². The van der Waals surface area contributed by atoms with Gasteiger partial charge in [-0.25, -0.2) is 0 Å². The van der Waals surface area contributed by atoms with Crippen molar-refractivity contribution in [2.45, 2.75) is 32.4 Å². The summed E-state index contributed by atoms with van der Waals surface area (Å²) in [7, 11) is 0. The van der Waals surface area contributed by atoms with Gasteiger partial charge in [-0.1, -0.05) is 0 Å². The van der Waals surface area contributed by atoms with E-state index in [0.29, 0.717) is 0 Å². The predicted molar refractivity (Wildman–Crippen MR) is 67.6 cm³/mol. The summed E-state index contributed by atoms with van der Waals surface area (Å²) in [4.78, 5) is 0. The standard InChI is InChI=1S/C12H17N3S/c1-2-15-8-11(7-14-15)6-12(13)5-10-3-4-16-9-10/h3-4,7-9,12H,2,5-6,13H2,1H3. The third-order valence-corrected chi connectivity index (χ3v) is 3.32. The molecule has 2 heterocycles. The molecule has 0 aliphatic heterocycles. The molecule has 0 aromatic carbocycles. The fraction of sp³-hybridized carbons (Fsp3) is 0.417. The maximum Gasteiger partial charge on any atom is 0.0522 e. The van der Waals surface area contributed by atoms with Gasteiger partial charge < -0.3 is 5.73 Å². The molecule has 2 aromatic heterocycles. The van der Waals surface area contributed by atoms with E-state index in [1.165, 1.54) is 11.1 Å². The smallest absolute Gasteiger partial charge is 0.0522 e. The summed E-state index contributed by atoms with van der Waals surface area (Å²) in [6.07, 6.45) is 5.83. The van der Waals surface area contributed by atoms with E-state index in [2.05, 4.69) is 35.0 Å². The Morgan fingerprint density at radius 1 is 1.44 bits per heavy atom. The number of thiophene rings is 1. The van der Waals surface area contributed by atoms with Gasteiger partial charge >= 0.3 is 0 Å². The van der Waals surface area contributed by atoms with E-state index in [4.69, 9.17) is 5.73 Å². The van der Waals surface area contributed by atoms with Crippen molar-refractivity contribution in [3.63, 3.8) is 0 Å². The van der Waals surface area contributed by atoms with E-state index in [0.717, 1.165) is 19.4 Å². The molecule has 86 valence electrons. The van der Waals surface area contributed by atoms with Crippen LogP contribution in [0.15, 0.2) is 29.2 Å². The number of nitrogens with two attached hydrogens (primary N) is 1. The molecule has 1 atom stereocenters. The van der Waals surface area contributed by atoms with Crippen LogP contribution in [0.25, 0.3) is 0 Å². The number of aryl methyl sites for hydroxylation is 1. The largest absolute Gasteiger partial charge is 0.327 e. The summed E-state index contributed by atoms with van der Waals surface area (Å²) in [5.41, 5.74) is 8.68. The first-order valence-corrected chi connectivity index (χ1v) is 6.50. The van der Waals surface area contributed by atoms with E-state index in [9.17, 15) is 0 Å². The average Bonchev–Trinajstić information content (AvgIpc) is 2.89. The molecule has 2 N–H and O–H groups in total. The molecule has 4 heteroatoms. The molecular formula is C12H17N3S. The summed E-state index contributed by atoms with van der Waals surface area (Å²) in [5.74, 6) is 0. The molecule has 0 spiro atoms. The molecule has 0 amide bonds. The topological polar surface area (TPSA) is 43.8 Å². The molecule has 0 saturated heterocycles. The Labute approximate surface area is 99.9 Å². The lowest BCUT2D eigenvalue weighted by Gasteiger charge is -2.08. The molecule has 1 unspecified atom stereocenters. The van der Waals surface area contributed by atoms with Crippen LogP contribution in [0.1, 0.15) is 18.1 Å². The van der Waals surface area contributed by atoms with E-state index in [1.807, 2.05) is 10.9 Å². The Morgan fingerprint density at radius 3 is 2.88 bits per heavy atom. The zero-order valence-corrected chi connectivity index (χ0v) is 10.3. The van der Waals surface area contributed by atoms with Gasteiger partial charge in [0.2, 0.25) is 0 Å². The van der Waals surface area contributed by atoms with E-state index in [-0.39, 0.29) is 6.04 Å². The van der Waals surface area contributed by atoms with Crippen LogP contribution in [0, 0.1) is 0 Å². The maximum absolute atomic E-state index is 6.12. The van der Waals surface area contributed by atoms with Gasteiger partial charge in [-0.05, 0) is 47.7 Å². The summed E-state index contributed by atoms with van der Waals surface area (Å²) >= 11 is 1.72. The lowest BCUT2D eigenvalue weighted by molar-refractivity contribution is 0.651. The number of hydrogen-bond donors (Lipinski definition) is 1. The number of nitrogens with zero attached hydrogens (tertiary/aromatic N) is 2. The van der Waals surface area contributed by atoms with Crippen molar-refractivity contribution >= 4 is 11.3 Å². The van der Waals surface area contributed by atoms with Crippen LogP contribution in [0.5, 0.6) is 0 Å². The van der Waals surface area contributed by atoms with Gasteiger partial charge in [0.25, 0.3) is 0 Å². The van der Waals surface area contributed by atoms with Crippen molar-refractivity contribution in [2.24, 2.45) is 5.73 Å². The van der Waals surface area contributed by atoms with Gasteiger partial charge in [-0.2, -0.15) is 16.4 Å². The third-order valence-electron chi connectivity index (χ3n) is 2.59. The highest BCUT2D eigenvalue weighted by atomic mass is 32.1. The first kappa shape index (κ1) is 11.4. The zero-order chi connectivity index (χ0) is 11.4. The van der Waals surface area contributed by atoms with Crippen LogP contribution in [-0.4, -0.2) is 15.8 Å². The van der Waals surface area contributed by atoms with E-state index in [1.54, 1.807) is 11.3 Å². The van der Waals surface area contributed by atoms with Crippen LogP contribution in [0.4, 0.5) is 0 Å². The second-order valence-electron chi connectivity index (χ2n) is 4.00. The summed E-state index contributed by atoms with van der Waals surface area (Å²) in [6.45, 7) is 3.00. The molecular weight excluding hydrogens is 218 g/mol. The summed E-state index contributed by atoms with van der Waals surface area (Å²) in [5, 5.41) is 8.50. The van der Waals surface area contributed by atoms with Crippen molar-refractivity contribution in [3.05, 3.63) is 40.3 Å². The molecule has 2 rings (SSSR count). The number of hydrogen-bond acceptors (Lipinski definition) is 3. The first-order valence-electron chi connectivity index (χ1n) is 5.56. The van der Waals surface area contributed by atoms with Crippen LogP contribution in [0.3, 0.4) is 0 Å². The molecule has 0 saturated carbocycles. The Kier molecular flexibility index (Phi) is 3.74. The Balaban J connectivity index is 1.89. The minimum absolute atomic E-state index is 0.184. The minimum atomic E-state index is 0.184. The van der Waals surface area contributed by atoms with Gasteiger partial charge in [0.15, 0.2) is 0 Å². The lowest BCUT2D eigenvalue weighted by atomic mass is 10.0. The van der Waals surface area contributed by atoms with Crippen LogP contribution < -0.4 is 5.73 Å². The maximum atomic E-state index is 6.12. The molecule has 2 aromatic rings. The first-order chi connectivity index (χ1) is 7.78. The molecule has 0 fully saturated rings. The lowest BCUT2D eigenvalue weighted by Crippen LogP contribution is -2.25. The van der Waals surface area contributed by atoms with Crippen molar-refractivity contribution in [2.75, 3.05) is 0 Å². The van der Waals surface area contributed by atoms with Gasteiger partial charge in [-0.3, -0.25) is 4.68 Å². The molecule has 0 bridgehead atoms. The quantitative estimate of drug-likeness (QED) is 0.862. The monoisotopic (exact) mass is 235 g/mol. The molecule has 0 aliphatic carbocycles. The van der Waals surface area contributed by atoms with Crippen LogP contribution in [-0.2, 0) is 19.4 Å². The Bertz CT molecular complexity index is 419. The van der Waals surface area contributed by atoms with Gasteiger partial charge in [0.1, 0.15) is 0 Å². The number of rotatable bonds is 5. The van der Waals surface area contributed by atoms with Crippen molar-refractivity contribution < 1.29 is 0 Å². The zero-order valence-electron chi connectivity index (χ0n) is 9.47. The molecule has 3 nitrogen and oxygen atoms in total. The normalized spacial score (nSPS) is 12.9. The second-order valence-corrected chi connectivity index (χ2v) is 4.78. The minimum Gasteiger partial charge on any atom is -0.327 e. The summed E-state index contributed by atoms with van der Waals surface area (Å²) < 4.78 is 1.94.